The molecule has 0 saturated heterocycles. The van der Waals surface area contributed by atoms with Gasteiger partial charge < -0.3 is 4.90 Å². The van der Waals surface area contributed by atoms with Gasteiger partial charge in [-0.1, -0.05) is 19.1 Å². The molecule has 0 bridgehead atoms. The lowest BCUT2D eigenvalue weighted by molar-refractivity contribution is 0.0733. The second-order valence-corrected chi connectivity index (χ2v) is 9.68. The van der Waals surface area contributed by atoms with Crippen LogP contribution < -0.4 is 4.72 Å². The molecule has 8 heteroatoms. The van der Waals surface area contributed by atoms with Crippen molar-refractivity contribution in [1.29, 1.82) is 0 Å². The number of carbonyl (C=O) groups excluding carboxylic acids is 1. The summed E-state index contributed by atoms with van der Waals surface area (Å²) in [6.07, 6.45) is 0. The van der Waals surface area contributed by atoms with E-state index in [1.165, 1.54) is 12.1 Å². The lowest BCUT2D eigenvalue weighted by atomic mass is 10.2. The van der Waals surface area contributed by atoms with Crippen molar-refractivity contribution >= 4 is 38.6 Å². The Morgan fingerprint density at radius 2 is 1.52 bits per heavy atom. The van der Waals surface area contributed by atoms with Crippen LogP contribution in [0.15, 0.2) is 64.2 Å². The Balaban J connectivity index is 1.82. The van der Waals surface area contributed by atoms with Crippen LogP contribution in [-0.4, -0.2) is 25.8 Å². The molecule has 3 rings (SSSR count). The molecule has 1 N–H and O–H groups in total. The van der Waals surface area contributed by atoms with Gasteiger partial charge in [-0.2, -0.15) is 0 Å². The Morgan fingerprint density at radius 3 is 1.96 bits per heavy atom. The number of rotatable bonds is 8. The van der Waals surface area contributed by atoms with Gasteiger partial charge in [0.05, 0.1) is 18.0 Å². The van der Waals surface area contributed by atoms with Gasteiger partial charge in [-0.25, -0.2) is 13.1 Å². The molecular formula is C19H20N2O3S3. The summed E-state index contributed by atoms with van der Waals surface area (Å²) in [6.45, 7) is 3.08. The van der Waals surface area contributed by atoms with Crippen LogP contribution >= 0.6 is 22.7 Å². The number of benzene rings is 1. The Bertz CT molecular complexity index is 928. The predicted molar refractivity (Wildman–Crippen MR) is 110 cm³/mol. The number of amides is 1. The zero-order valence-electron chi connectivity index (χ0n) is 14.8. The average molecular weight is 421 g/mol. The maximum atomic E-state index is 13.1. The highest BCUT2D eigenvalue weighted by atomic mass is 32.2. The van der Waals surface area contributed by atoms with Crippen LogP contribution in [0.25, 0.3) is 0 Å². The first-order chi connectivity index (χ1) is 13.0. The highest BCUT2D eigenvalue weighted by Gasteiger charge is 2.19. The molecule has 0 unspecified atom stereocenters. The van der Waals surface area contributed by atoms with Crippen LogP contribution in [0.3, 0.4) is 0 Å². The van der Waals surface area contributed by atoms with Gasteiger partial charge in [0.1, 0.15) is 0 Å². The second-order valence-electron chi connectivity index (χ2n) is 5.85. The van der Waals surface area contributed by atoms with E-state index in [0.29, 0.717) is 25.2 Å². The molecule has 5 nitrogen and oxygen atoms in total. The molecule has 1 amide bonds. The number of carbonyl (C=O) groups is 1. The largest absolute Gasteiger partial charge is 0.328 e. The second kappa shape index (κ2) is 8.79. The van der Waals surface area contributed by atoms with Gasteiger partial charge in [0.15, 0.2) is 0 Å². The van der Waals surface area contributed by atoms with E-state index in [9.17, 15) is 13.2 Å². The summed E-state index contributed by atoms with van der Waals surface area (Å²) < 4.78 is 26.6. The number of hydrogen-bond donors (Lipinski definition) is 1. The molecule has 0 fully saturated rings. The van der Waals surface area contributed by atoms with Crippen LogP contribution in [0.4, 0.5) is 0 Å². The van der Waals surface area contributed by atoms with E-state index in [1.54, 1.807) is 46.6 Å². The highest BCUT2D eigenvalue weighted by Crippen LogP contribution is 2.20. The number of nitrogens with zero attached hydrogens (tertiary/aromatic N) is 1. The molecule has 3 aromatic rings. The molecule has 27 heavy (non-hydrogen) atoms. The van der Waals surface area contributed by atoms with Crippen molar-refractivity contribution in [1.82, 2.24) is 9.62 Å². The first-order valence-corrected chi connectivity index (χ1v) is 11.7. The van der Waals surface area contributed by atoms with Crippen molar-refractivity contribution in [2.45, 2.75) is 24.9 Å². The first kappa shape index (κ1) is 19.8. The molecule has 2 heterocycles. The topological polar surface area (TPSA) is 66.5 Å². The third-order valence-electron chi connectivity index (χ3n) is 3.89. The zero-order valence-corrected chi connectivity index (χ0v) is 17.2. The molecule has 0 aliphatic rings. The summed E-state index contributed by atoms with van der Waals surface area (Å²) in [6, 6.07) is 14.0. The van der Waals surface area contributed by atoms with Crippen molar-refractivity contribution < 1.29 is 13.2 Å². The Hall–Kier alpha value is -2.00. The van der Waals surface area contributed by atoms with E-state index in [1.807, 2.05) is 35.0 Å². The first-order valence-electron chi connectivity index (χ1n) is 8.43. The van der Waals surface area contributed by atoms with E-state index in [4.69, 9.17) is 0 Å². The predicted octanol–water partition coefficient (Wildman–Crippen LogP) is 3.95. The van der Waals surface area contributed by atoms with E-state index in [-0.39, 0.29) is 10.8 Å². The van der Waals surface area contributed by atoms with Crippen molar-refractivity contribution in [3.8, 4) is 0 Å². The third-order valence-corrected chi connectivity index (χ3v) is 7.17. The van der Waals surface area contributed by atoms with Gasteiger partial charge >= 0.3 is 0 Å². The van der Waals surface area contributed by atoms with E-state index in [0.717, 1.165) is 9.75 Å². The molecule has 1 aromatic carbocycles. The summed E-state index contributed by atoms with van der Waals surface area (Å²) >= 11 is 3.22. The Labute approximate surface area is 167 Å². The van der Waals surface area contributed by atoms with Gasteiger partial charge in [0, 0.05) is 21.9 Å². The molecule has 0 aliphatic carbocycles. The maximum Gasteiger partial charge on any atom is 0.254 e. The smallest absolute Gasteiger partial charge is 0.254 e. The zero-order chi connectivity index (χ0) is 19.3. The molecule has 2 aromatic heterocycles. The highest BCUT2D eigenvalue weighted by molar-refractivity contribution is 7.89. The summed E-state index contributed by atoms with van der Waals surface area (Å²) in [7, 11) is -3.53. The number of sulfonamides is 1. The summed E-state index contributed by atoms with van der Waals surface area (Å²) in [5, 5.41) is 3.98. The van der Waals surface area contributed by atoms with Crippen LogP contribution in [0, 0.1) is 0 Å². The van der Waals surface area contributed by atoms with Gasteiger partial charge in [-0.15, -0.1) is 22.7 Å². The SMILES string of the molecule is CCNS(=O)(=O)c1ccc(C(=O)N(Cc2cccs2)Cc2cccs2)cc1. The van der Waals surface area contributed by atoms with Crippen molar-refractivity contribution in [3.05, 3.63) is 74.6 Å². The number of thiophene rings is 2. The van der Waals surface area contributed by atoms with Crippen LogP contribution in [0.2, 0.25) is 0 Å². The molecule has 0 saturated carbocycles. The fourth-order valence-electron chi connectivity index (χ4n) is 2.61. The minimum Gasteiger partial charge on any atom is -0.328 e. The summed E-state index contributed by atoms with van der Waals surface area (Å²) in [5.41, 5.74) is 0.471. The Morgan fingerprint density at radius 1 is 0.963 bits per heavy atom. The monoisotopic (exact) mass is 420 g/mol. The van der Waals surface area contributed by atoms with E-state index < -0.39 is 10.0 Å². The molecule has 0 atom stereocenters. The summed E-state index contributed by atoms with van der Waals surface area (Å²) in [5.74, 6) is -0.121. The fourth-order valence-corrected chi connectivity index (χ4v) is 5.09. The average Bonchev–Trinajstić information content (AvgIpc) is 3.35. The molecule has 142 valence electrons. The molecule has 0 radical (unpaired) electrons. The van der Waals surface area contributed by atoms with Crippen LogP contribution in [0.1, 0.15) is 27.0 Å². The van der Waals surface area contributed by atoms with Crippen molar-refractivity contribution in [2.24, 2.45) is 0 Å². The van der Waals surface area contributed by atoms with E-state index >= 15 is 0 Å². The standard InChI is InChI=1S/C19H20N2O3S3/c1-2-20-27(23,24)18-9-7-15(8-10-18)19(22)21(13-16-5-3-11-25-16)14-17-6-4-12-26-17/h3-12,20H,2,13-14H2,1H3. The normalized spacial score (nSPS) is 11.4. The molecule has 0 spiro atoms. The lowest BCUT2D eigenvalue weighted by Crippen LogP contribution is -2.29. The van der Waals surface area contributed by atoms with Crippen molar-refractivity contribution in [2.75, 3.05) is 6.54 Å². The third kappa shape index (κ3) is 5.04. The lowest BCUT2D eigenvalue weighted by Gasteiger charge is -2.22. The fraction of sp³-hybridized carbons (Fsp3) is 0.211. The maximum absolute atomic E-state index is 13.1. The van der Waals surface area contributed by atoms with Crippen molar-refractivity contribution in [3.63, 3.8) is 0 Å². The Kier molecular flexibility index (Phi) is 6.43. The minimum atomic E-state index is -3.53. The minimum absolute atomic E-state index is 0.121. The van der Waals surface area contributed by atoms with Crippen LogP contribution in [0.5, 0.6) is 0 Å². The van der Waals surface area contributed by atoms with Gasteiger partial charge in [0.2, 0.25) is 10.0 Å². The summed E-state index contributed by atoms with van der Waals surface area (Å²) in [4.78, 5) is 17.2. The number of hydrogen-bond acceptors (Lipinski definition) is 5. The van der Waals surface area contributed by atoms with E-state index in [2.05, 4.69) is 4.72 Å². The van der Waals surface area contributed by atoms with Gasteiger partial charge in [-0.3, -0.25) is 4.79 Å². The molecular weight excluding hydrogens is 400 g/mol. The quantitative estimate of drug-likeness (QED) is 0.600. The van der Waals surface area contributed by atoms with Gasteiger partial charge in [-0.05, 0) is 47.2 Å². The van der Waals surface area contributed by atoms with Crippen LogP contribution in [-0.2, 0) is 23.1 Å². The molecule has 0 aliphatic heterocycles. The van der Waals surface area contributed by atoms with Gasteiger partial charge in [0.25, 0.3) is 5.91 Å². The number of nitrogens with one attached hydrogen (secondary N) is 1.